The molecule has 0 amide bonds. The Morgan fingerprint density at radius 1 is 1.29 bits per heavy atom. The van der Waals surface area contributed by atoms with Gasteiger partial charge in [-0.05, 0) is 45.1 Å². The fourth-order valence-corrected chi connectivity index (χ4v) is 2.15. The summed E-state index contributed by atoms with van der Waals surface area (Å²) in [5.41, 5.74) is 0.205. The minimum Gasteiger partial charge on any atom is -0.295 e. The molecule has 1 heterocycles. The quantitative estimate of drug-likeness (QED) is 0.787. The average molecular weight is 251 g/mol. The van der Waals surface area contributed by atoms with Crippen molar-refractivity contribution in [3.63, 3.8) is 0 Å². The molecule has 0 saturated carbocycles. The van der Waals surface area contributed by atoms with Gasteiger partial charge in [-0.25, -0.2) is 4.39 Å². The lowest BCUT2D eigenvalue weighted by Gasteiger charge is -2.22. The molecular formula is C12H14FN3S. The molecule has 0 aliphatic carbocycles. The number of benzene rings is 1. The molecule has 0 bridgehead atoms. The monoisotopic (exact) mass is 251 g/mol. The second-order valence-corrected chi connectivity index (χ2v) is 5.23. The molecule has 0 aliphatic rings. The lowest BCUT2D eigenvalue weighted by atomic mass is 10.1. The van der Waals surface area contributed by atoms with Gasteiger partial charge in [0, 0.05) is 5.54 Å². The van der Waals surface area contributed by atoms with Gasteiger partial charge in [-0.1, -0.05) is 12.1 Å². The predicted octanol–water partition coefficient (Wildman–Crippen LogP) is 3.50. The topological polar surface area (TPSA) is 33.6 Å². The van der Waals surface area contributed by atoms with Gasteiger partial charge in [-0.2, -0.15) is 5.10 Å². The molecule has 2 rings (SSSR count). The number of aromatic amines is 1. The van der Waals surface area contributed by atoms with Crippen LogP contribution in [0.5, 0.6) is 0 Å². The second-order valence-electron chi connectivity index (χ2n) is 4.84. The van der Waals surface area contributed by atoms with Crippen molar-refractivity contribution < 1.29 is 4.39 Å². The Bertz CT molecular complexity index is 592. The lowest BCUT2D eigenvalue weighted by molar-refractivity contribution is 0.395. The van der Waals surface area contributed by atoms with Crippen molar-refractivity contribution in [3.05, 3.63) is 34.9 Å². The van der Waals surface area contributed by atoms with Gasteiger partial charge in [0.2, 0.25) is 0 Å². The normalized spacial score (nSPS) is 11.8. The maximum absolute atomic E-state index is 13.8. The van der Waals surface area contributed by atoms with Crippen molar-refractivity contribution >= 4 is 12.2 Å². The first kappa shape index (κ1) is 12.0. The van der Waals surface area contributed by atoms with Crippen LogP contribution in [0.4, 0.5) is 4.39 Å². The summed E-state index contributed by atoms with van der Waals surface area (Å²) in [6.45, 7) is 6.01. The van der Waals surface area contributed by atoms with E-state index in [4.69, 9.17) is 12.2 Å². The van der Waals surface area contributed by atoms with E-state index in [0.29, 0.717) is 16.2 Å². The van der Waals surface area contributed by atoms with Crippen LogP contribution >= 0.6 is 12.2 Å². The van der Waals surface area contributed by atoms with Gasteiger partial charge in [-0.3, -0.25) is 9.67 Å². The molecule has 2 aromatic rings. The van der Waals surface area contributed by atoms with Crippen LogP contribution in [-0.2, 0) is 5.54 Å². The van der Waals surface area contributed by atoms with Crippen molar-refractivity contribution in [3.8, 4) is 11.4 Å². The molecule has 1 N–H and O–H groups in total. The Balaban J connectivity index is 2.71. The first-order valence-corrected chi connectivity index (χ1v) is 5.75. The third kappa shape index (κ3) is 2.15. The van der Waals surface area contributed by atoms with E-state index in [0.717, 1.165) is 0 Å². The molecule has 0 atom stereocenters. The van der Waals surface area contributed by atoms with Crippen molar-refractivity contribution in [2.75, 3.05) is 0 Å². The summed E-state index contributed by atoms with van der Waals surface area (Å²) in [5, 5.41) is 6.84. The van der Waals surface area contributed by atoms with Gasteiger partial charge in [0.15, 0.2) is 10.6 Å². The van der Waals surface area contributed by atoms with E-state index in [2.05, 4.69) is 10.2 Å². The van der Waals surface area contributed by atoms with Crippen LogP contribution in [-0.4, -0.2) is 14.8 Å². The molecule has 0 aliphatic heterocycles. The van der Waals surface area contributed by atoms with Crippen LogP contribution in [0.1, 0.15) is 20.8 Å². The number of aromatic nitrogens is 3. The van der Waals surface area contributed by atoms with E-state index in [9.17, 15) is 4.39 Å². The van der Waals surface area contributed by atoms with E-state index in [1.165, 1.54) is 6.07 Å². The molecule has 0 fully saturated rings. The summed E-state index contributed by atoms with van der Waals surface area (Å²) in [6.07, 6.45) is 0. The summed E-state index contributed by atoms with van der Waals surface area (Å²) in [4.78, 5) is 0. The largest absolute Gasteiger partial charge is 0.295 e. The van der Waals surface area contributed by atoms with E-state index in [1.54, 1.807) is 18.2 Å². The van der Waals surface area contributed by atoms with Crippen LogP contribution in [0.3, 0.4) is 0 Å². The first-order valence-electron chi connectivity index (χ1n) is 5.34. The smallest absolute Gasteiger partial charge is 0.195 e. The summed E-state index contributed by atoms with van der Waals surface area (Å²) in [6, 6.07) is 6.55. The van der Waals surface area contributed by atoms with Crippen LogP contribution < -0.4 is 0 Å². The summed E-state index contributed by atoms with van der Waals surface area (Å²) >= 11 is 5.19. The SMILES string of the molecule is CC(C)(C)n1c(-c2ccccc2F)n[nH]c1=S. The van der Waals surface area contributed by atoms with Crippen LogP contribution in [0.2, 0.25) is 0 Å². The fraction of sp³-hybridized carbons (Fsp3) is 0.333. The minimum atomic E-state index is -0.299. The molecular weight excluding hydrogens is 237 g/mol. The van der Waals surface area contributed by atoms with E-state index >= 15 is 0 Å². The number of nitrogens with zero attached hydrogens (tertiary/aromatic N) is 2. The lowest BCUT2D eigenvalue weighted by Crippen LogP contribution is -2.23. The molecule has 1 aromatic heterocycles. The minimum absolute atomic E-state index is 0.248. The number of hydrogen-bond donors (Lipinski definition) is 1. The van der Waals surface area contributed by atoms with Gasteiger partial charge in [0.1, 0.15) is 5.82 Å². The van der Waals surface area contributed by atoms with Crippen molar-refractivity contribution in [2.24, 2.45) is 0 Å². The predicted molar refractivity (Wildman–Crippen MR) is 67.8 cm³/mol. The van der Waals surface area contributed by atoms with Gasteiger partial charge in [0.25, 0.3) is 0 Å². The van der Waals surface area contributed by atoms with Crippen molar-refractivity contribution in [2.45, 2.75) is 26.3 Å². The molecule has 0 unspecified atom stereocenters. The van der Waals surface area contributed by atoms with Crippen LogP contribution in [0.25, 0.3) is 11.4 Å². The molecule has 1 aromatic carbocycles. The van der Waals surface area contributed by atoms with Crippen LogP contribution in [0.15, 0.2) is 24.3 Å². The van der Waals surface area contributed by atoms with E-state index in [-0.39, 0.29) is 11.4 Å². The Kier molecular flexibility index (Phi) is 2.87. The van der Waals surface area contributed by atoms with Gasteiger partial charge < -0.3 is 0 Å². The highest BCUT2D eigenvalue weighted by Gasteiger charge is 2.21. The highest BCUT2D eigenvalue weighted by atomic mass is 32.1. The third-order valence-corrected chi connectivity index (χ3v) is 2.73. The average Bonchev–Trinajstić information content (AvgIpc) is 2.60. The summed E-state index contributed by atoms with van der Waals surface area (Å²) < 4.78 is 16.1. The standard InChI is InChI=1S/C12H14FN3S/c1-12(2,3)16-10(14-15-11(16)17)8-6-4-5-7-9(8)13/h4-7H,1-3H3,(H,15,17). The van der Waals surface area contributed by atoms with E-state index in [1.807, 2.05) is 25.3 Å². The van der Waals surface area contributed by atoms with Gasteiger partial charge >= 0.3 is 0 Å². The third-order valence-electron chi connectivity index (χ3n) is 2.46. The molecule has 17 heavy (non-hydrogen) atoms. The zero-order valence-electron chi connectivity index (χ0n) is 9.99. The highest BCUT2D eigenvalue weighted by molar-refractivity contribution is 7.71. The Labute approximate surface area is 104 Å². The van der Waals surface area contributed by atoms with Crippen molar-refractivity contribution in [1.82, 2.24) is 14.8 Å². The van der Waals surface area contributed by atoms with E-state index < -0.39 is 0 Å². The molecule has 0 spiro atoms. The molecule has 90 valence electrons. The Morgan fingerprint density at radius 2 is 1.94 bits per heavy atom. The zero-order valence-corrected chi connectivity index (χ0v) is 10.8. The first-order chi connectivity index (χ1) is 7.91. The number of hydrogen-bond acceptors (Lipinski definition) is 2. The highest BCUT2D eigenvalue weighted by Crippen LogP contribution is 2.26. The molecule has 3 nitrogen and oxygen atoms in total. The molecule has 0 radical (unpaired) electrons. The maximum atomic E-state index is 13.8. The number of H-pyrrole nitrogens is 1. The summed E-state index contributed by atoms with van der Waals surface area (Å²) in [7, 11) is 0. The van der Waals surface area contributed by atoms with Crippen molar-refractivity contribution in [1.29, 1.82) is 0 Å². The summed E-state index contributed by atoms with van der Waals surface area (Å²) in [5.74, 6) is 0.229. The number of rotatable bonds is 1. The Hall–Kier alpha value is -1.49. The van der Waals surface area contributed by atoms with Gasteiger partial charge in [-0.15, -0.1) is 0 Å². The molecule has 0 saturated heterocycles. The maximum Gasteiger partial charge on any atom is 0.195 e. The fourth-order valence-electron chi connectivity index (χ4n) is 1.74. The Morgan fingerprint density at radius 3 is 2.53 bits per heavy atom. The second kappa shape index (κ2) is 4.07. The van der Waals surface area contributed by atoms with Crippen LogP contribution in [0, 0.1) is 10.6 Å². The van der Waals surface area contributed by atoms with Gasteiger partial charge in [0.05, 0.1) is 5.56 Å². The number of nitrogens with one attached hydrogen (secondary N) is 1. The zero-order chi connectivity index (χ0) is 12.6. The molecule has 5 heteroatoms. The number of halogens is 1.